The summed E-state index contributed by atoms with van der Waals surface area (Å²) in [6, 6.07) is 6.40. The molecule has 0 spiro atoms. The number of furan rings is 1. The molecule has 1 amide bonds. The van der Waals surface area contributed by atoms with Gasteiger partial charge < -0.3 is 14.3 Å². The fourth-order valence-electron chi connectivity index (χ4n) is 1.41. The lowest BCUT2D eigenvalue weighted by Crippen LogP contribution is -2.25. The highest BCUT2D eigenvalue weighted by Gasteiger charge is 2.06. The normalized spacial score (nSPS) is 10.2. The van der Waals surface area contributed by atoms with E-state index in [1.807, 2.05) is 0 Å². The number of amides is 1. The molecule has 2 rings (SSSR count). The molecule has 0 aromatic carbocycles. The van der Waals surface area contributed by atoms with Crippen molar-refractivity contribution in [3.05, 3.63) is 58.4 Å². The molecule has 2 aromatic rings. The molecule has 88 valence electrons. The van der Waals surface area contributed by atoms with Crippen LogP contribution in [-0.4, -0.2) is 10.5 Å². The lowest BCUT2D eigenvalue weighted by Gasteiger charge is -2.04. The molecule has 0 aliphatic carbocycles. The Kier molecular flexibility index (Phi) is 3.09. The lowest BCUT2D eigenvalue weighted by atomic mass is 10.2. The molecule has 0 atom stereocenters. The second kappa shape index (κ2) is 4.69. The van der Waals surface area contributed by atoms with Crippen molar-refractivity contribution in [2.45, 2.75) is 6.54 Å². The number of rotatable bonds is 3. The van der Waals surface area contributed by atoms with E-state index < -0.39 is 0 Å². The van der Waals surface area contributed by atoms with Crippen molar-refractivity contribution in [3.63, 3.8) is 0 Å². The summed E-state index contributed by atoms with van der Waals surface area (Å²) >= 11 is 0. The molecule has 17 heavy (non-hydrogen) atoms. The van der Waals surface area contributed by atoms with Gasteiger partial charge in [-0.2, -0.15) is 0 Å². The Bertz CT molecular complexity index is 570. The van der Waals surface area contributed by atoms with Gasteiger partial charge in [-0.15, -0.1) is 0 Å². The third-order valence-corrected chi connectivity index (χ3v) is 2.35. The van der Waals surface area contributed by atoms with E-state index in [0.717, 1.165) is 0 Å². The summed E-state index contributed by atoms with van der Waals surface area (Å²) in [6.45, 7) is 0.328. The van der Waals surface area contributed by atoms with Crippen LogP contribution in [0.4, 0.5) is 0 Å². The van der Waals surface area contributed by atoms with Gasteiger partial charge in [0.1, 0.15) is 5.76 Å². The second-order valence-electron chi connectivity index (χ2n) is 3.63. The first-order chi connectivity index (χ1) is 8.16. The van der Waals surface area contributed by atoms with Crippen molar-refractivity contribution >= 4 is 5.91 Å². The largest absolute Gasteiger partial charge is 0.467 e. The van der Waals surface area contributed by atoms with Crippen LogP contribution in [0.2, 0.25) is 0 Å². The lowest BCUT2D eigenvalue weighted by molar-refractivity contribution is 0.0947. The van der Waals surface area contributed by atoms with Gasteiger partial charge >= 0.3 is 0 Å². The van der Waals surface area contributed by atoms with Crippen LogP contribution in [0.25, 0.3) is 0 Å². The van der Waals surface area contributed by atoms with Crippen molar-refractivity contribution in [3.8, 4) is 0 Å². The second-order valence-corrected chi connectivity index (χ2v) is 3.63. The van der Waals surface area contributed by atoms with E-state index in [9.17, 15) is 9.59 Å². The number of nitrogens with zero attached hydrogens (tertiary/aromatic N) is 1. The van der Waals surface area contributed by atoms with Crippen LogP contribution in [0.5, 0.6) is 0 Å². The summed E-state index contributed by atoms with van der Waals surface area (Å²) in [5, 5.41) is 2.70. The Morgan fingerprint density at radius 1 is 1.41 bits per heavy atom. The Morgan fingerprint density at radius 3 is 2.88 bits per heavy atom. The van der Waals surface area contributed by atoms with Crippen molar-refractivity contribution in [1.29, 1.82) is 0 Å². The number of nitrogens with one attached hydrogen (secondary N) is 1. The molecule has 2 aromatic heterocycles. The first kappa shape index (κ1) is 11.2. The van der Waals surface area contributed by atoms with Crippen LogP contribution >= 0.6 is 0 Å². The van der Waals surface area contributed by atoms with E-state index in [1.165, 1.54) is 22.9 Å². The number of aromatic nitrogens is 1. The number of carbonyl (C=O) groups excluding carboxylic acids is 1. The van der Waals surface area contributed by atoms with E-state index >= 15 is 0 Å². The highest BCUT2D eigenvalue weighted by molar-refractivity contribution is 5.93. The Labute approximate surface area is 97.7 Å². The topological polar surface area (TPSA) is 64.2 Å². The minimum Gasteiger partial charge on any atom is -0.467 e. The predicted octanol–water partition coefficient (Wildman–Crippen LogP) is 0.908. The third kappa shape index (κ3) is 2.63. The van der Waals surface area contributed by atoms with Gasteiger partial charge in [0.25, 0.3) is 5.91 Å². The van der Waals surface area contributed by atoms with Gasteiger partial charge in [0.15, 0.2) is 0 Å². The molecule has 0 saturated heterocycles. The molecule has 0 unspecified atom stereocenters. The van der Waals surface area contributed by atoms with Gasteiger partial charge in [-0.1, -0.05) is 0 Å². The van der Waals surface area contributed by atoms with Crippen LogP contribution in [0.15, 0.2) is 45.9 Å². The predicted molar refractivity (Wildman–Crippen MR) is 61.6 cm³/mol. The highest BCUT2D eigenvalue weighted by Crippen LogP contribution is 2.00. The first-order valence-electron chi connectivity index (χ1n) is 5.14. The van der Waals surface area contributed by atoms with Crippen molar-refractivity contribution in [2.75, 3.05) is 0 Å². The summed E-state index contributed by atoms with van der Waals surface area (Å²) in [5.74, 6) is 0.445. The summed E-state index contributed by atoms with van der Waals surface area (Å²) < 4.78 is 6.46. The SMILES string of the molecule is Cn1cc(C(=O)NCc2ccco2)ccc1=O. The Hall–Kier alpha value is -2.30. The minimum atomic E-state index is -0.239. The Morgan fingerprint density at radius 2 is 2.24 bits per heavy atom. The van der Waals surface area contributed by atoms with E-state index in [4.69, 9.17) is 4.42 Å². The van der Waals surface area contributed by atoms with E-state index in [-0.39, 0.29) is 11.5 Å². The fraction of sp³-hybridized carbons (Fsp3) is 0.167. The molecular weight excluding hydrogens is 220 g/mol. The molecule has 0 aliphatic rings. The standard InChI is InChI=1S/C12H12N2O3/c1-14-8-9(4-5-11(14)15)12(16)13-7-10-3-2-6-17-10/h2-6,8H,7H2,1H3,(H,13,16). The fourth-order valence-corrected chi connectivity index (χ4v) is 1.41. The zero-order chi connectivity index (χ0) is 12.3. The van der Waals surface area contributed by atoms with Gasteiger partial charge in [-0.05, 0) is 18.2 Å². The molecule has 0 fully saturated rings. The quantitative estimate of drug-likeness (QED) is 0.855. The third-order valence-electron chi connectivity index (χ3n) is 2.35. The summed E-state index contributed by atoms with van der Waals surface area (Å²) in [6.07, 6.45) is 3.05. The molecule has 0 aliphatic heterocycles. The molecule has 0 radical (unpaired) electrons. The summed E-state index contributed by atoms with van der Waals surface area (Å²) in [4.78, 5) is 22.9. The monoisotopic (exact) mass is 232 g/mol. The zero-order valence-corrected chi connectivity index (χ0v) is 9.34. The van der Waals surface area contributed by atoms with Crippen molar-refractivity contribution in [2.24, 2.45) is 7.05 Å². The van der Waals surface area contributed by atoms with Gasteiger partial charge in [0.05, 0.1) is 18.4 Å². The van der Waals surface area contributed by atoms with Crippen LogP contribution in [0, 0.1) is 0 Å². The van der Waals surface area contributed by atoms with Gasteiger partial charge in [-0.25, -0.2) is 0 Å². The summed E-state index contributed by atoms with van der Waals surface area (Å²) in [5.41, 5.74) is 0.297. The summed E-state index contributed by atoms with van der Waals surface area (Å²) in [7, 11) is 1.60. The van der Waals surface area contributed by atoms with Crippen LogP contribution < -0.4 is 10.9 Å². The van der Waals surface area contributed by atoms with Crippen LogP contribution in [-0.2, 0) is 13.6 Å². The van der Waals surface area contributed by atoms with Crippen LogP contribution in [0.1, 0.15) is 16.1 Å². The molecular formula is C12H12N2O3. The number of hydrogen-bond acceptors (Lipinski definition) is 3. The average Bonchev–Trinajstić information content (AvgIpc) is 2.82. The maximum absolute atomic E-state index is 11.7. The zero-order valence-electron chi connectivity index (χ0n) is 9.34. The van der Waals surface area contributed by atoms with E-state index in [2.05, 4.69) is 5.32 Å². The average molecular weight is 232 g/mol. The minimum absolute atomic E-state index is 0.146. The molecule has 5 heteroatoms. The number of pyridine rings is 1. The van der Waals surface area contributed by atoms with Gasteiger partial charge in [-0.3, -0.25) is 9.59 Å². The van der Waals surface area contributed by atoms with E-state index in [1.54, 1.807) is 25.4 Å². The Balaban J connectivity index is 2.04. The first-order valence-corrected chi connectivity index (χ1v) is 5.14. The maximum Gasteiger partial charge on any atom is 0.253 e. The van der Waals surface area contributed by atoms with Gasteiger partial charge in [0.2, 0.25) is 5.56 Å². The molecule has 5 nitrogen and oxygen atoms in total. The molecule has 1 N–H and O–H groups in total. The van der Waals surface area contributed by atoms with E-state index in [0.29, 0.717) is 17.9 Å². The smallest absolute Gasteiger partial charge is 0.253 e. The molecule has 0 bridgehead atoms. The van der Waals surface area contributed by atoms with Crippen molar-refractivity contribution in [1.82, 2.24) is 9.88 Å². The van der Waals surface area contributed by atoms with Crippen LogP contribution in [0.3, 0.4) is 0 Å². The van der Waals surface area contributed by atoms with Crippen molar-refractivity contribution < 1.29 is 9.21 Å². The number of hydrogen-bond donors (Lipinski definition) is 1. The molecule has 0 saturated carbocycles. The molecule has 2 heterocycles. The number of carbonyl (C=O) groups is 1. The highest BCUT2D eigenvalue weighted by atomic mass is 16.3. The maximum atomic E-state index is 11.7. The van der Waals surface area contributed by atoms with Gasteiger partial charge in [0, 0.05) is 19.3 Å². The number of aryl methyl sites for hydroxylation is 1.